The number of benzene rings is 1. The molecule has 3 N–H and O–H groups in total. The smallest absolute Gasteiger partial charge is 0.234 e. The summed E-state index contributed by atoms with van der Waals surface area (Å²) in [5.41, 5.74) is 10.6. The highest BCUT2D eigenvalue weighted by Crippen LogP contribution is 2.12. The van der Waals surface area contributed by atoms with Gasteiger partial charge < -0.3 is 10.6 Å². The van der Waals surface area contributed by atoms with Crippen molar-refractivity contribution in [2.45, 2.75) is 12.8 Å². The first-order valence-electron chi connectivity index (χ1n) is 6.71. The highest BCUT2D eigenvalue weighted by atomic mass is 16.2. The number of carbonyl (C=O) groups excluding carboxylic acids is 1. The molecular weight excluding hydrogens is 240 g/mol. The average Bonchev–Trinajstić information content (AvgIpc) is 2.40. The number of anilines is 1. The van der Waals surface area contributed by atoms with Crippen molar-refractivity contribution < 1.29 is 4.79 Å². The number of likely N-dealkylation sites (N-methyl/N-ethyl adjacent to an activating group) is 1. The lowest BCUT2D eigenvalue weighted by molar-refractivity contribution is -0.126. The quantitative estimate of drug-likeness (QED) is 0.775. The minimum atomic E-state index is 0.0628. The maximum absolute atomic E-state index is 11.9. The van der Waals surface area contributed by atoms with E-state index >= 15 is 0 Å². The van der Waals surface area contributed by atoms with Crippen LogP contribution in [0.15, 0.2) is 24.3 Å². The lowest BCUT2D eigenvalue weighted by Crippen LogP contribution is -2.52. The molecule has 1 amide bonds. The normalized spacial score (nSPS) is 17.3. The van der Waals surface area contributed by atoms with Crippen LogP contribution < -0.4 is 11.2 Å². The summed E-state index contributed by atoms with van der Waals surface area (Å²) in [7, 11) is 2.09. The number of hydrogen-bond donors (Lipinski definition) is 2. The number of nitrogens with one attached hydrogen (secondary N) is 1. The van der Waals surface area contributed by atoms with Gasteiger partial charge in [-0.2, -0.15) is 0 Å². The average molecular weight is 262 g/mol. The summed E-state index contributed by atoms with van der Waals surface area (Å²) in [6, 6.07) is 7.69. The molecule has 1 aromatic rings. The van der Waals surface area contributed by atoms with E-state index in [1.807, 2.05) is 29.3 Å². The van der Waals surface area contributed by atoms with E-state index in [1.54, 1.807) is 0 Å². The number of rotatable bonds is 4. The number of hydrazine groups is 1. The lowest BCUT2D eigenvalue weighted by Gasteiger charge is -2.32. The number of nitrogens with zero attached hydrogens (tertiary/aromatic N) is 2. The van der Waals surface area contributed by atoms with Crippen LogP contribution in [0.25, 0.3) is 0 Å². The number of para-hydroxylation sites is 1. The Morgan fingerprint density at radius 3 is 2.63 bits per heavy atom. The summed E-state index contributed by atoms with van der Waals surface area (Å²) < 4.78 is 0. The number of nitrogen functional groups attached to an aromatic ring is 1. The Morgan fingerprint density at radius 2 is 1.95 bits per heavy atom. The van der Waals surface area contributed by atoms with Crippen molar-refractivity contribution in [1.29, 1.82) is 0 Å². The van der Waals surface area contributed by atoms with Gasteiger partial charge in [0.1, 0.15) is 0 Å². The topological polar surface area (TPSA) is 61.6 Å². The number of aryl methyl sites for hydroxylation is 1. The van der Waals surface area contributed by atoms with Crippen LogP contribution in [0.4, 0.5) is 5.69 Å². The van der Waals surface area contributed by atoms with E-state index in [1.165, 1.54) is 0 Å². The van der Waals surface area contributed by atoms with Gasteiger partial charge in [0.25, 0.3) is 0 Å². The molecule has 0 spiro atoms. The van der Waals surface area contributed by atoms with Gasteiger partial charge in [0.2, 0.25) is 5.91 Å². The minimum Gasteiger partial charge on any atom is -0.399 e. The first kappa shape index (κ1) is 13.8. The fourth-order valence-electron chi connectivity index (χ4n) is 2.16. The van der Waals surface area contributed by atoms with Crippen LogP contribution in [0, 0.1) is 0 Å². The first-order valence-corrected chi connectivity index (χ1v) is 6.71. The van der Waals surface area contributed by atoms with E-state index in [0.29, 0.717) is 12.8 Å². The molecule has 1 saturated heterocycles. The van der Waals surface area contributed by atoms with Crippen LogP contribution in [-0.4, -0.2) is 49.0 Å². The van der Waals surface area contributed by atoms with Gasteiger partial charge >= 0.3 is 0 Å². The molecule has 0 radical (unpaired) electrons. The molecule has 1 aromatic carbocycles. The van der Waals surface area contributed by atoms with Crippen molar-refractivity contribution >= 4 is 11.6 Å². The van der Waals surface area contributed by atoms with Crippen LogP contribution in [0.1, 0.15) is 12.0 Å². The fourth-order valence-corrected chi connectivity index (χ4v) is 2.16. The number of carbonyl (C=O) groups is 1. The molecule has 1 aliphatic heterocycles. The molecule has 1 heterocycles. The van der Waals surface area contributed by atoms with Gasteiger partial charge in [-0.1, -0.05) is 18.2 Å². The zero-order valence-electron chi connectivity index (χ0n) is 11.4. The van der Waals surface area contributed by atoms with Gasteiger partial charge in [-0.05, 0) is 25.1 Å². The van der Waals surface area contributed by atoms with Gasteiger partial charge in [0.05, 0.1) is 0 Å². The van der Waals surface area contributed by atoms with Crippen LogP contribution >= 0.6 is 0 Å². The Kier molecular flexibility index (Phi) is 4.76. The van der Waals surface area contributed by atoms with Crippen molar-refractivity contribution in [2.75, 3.05) is 39.0 Å². The zero-order valence-corrected chi connectivity index (χ0v) is 11.4. The Hall–Kier alpha value is -1.59. The van der Waals surface area contributed by atoms with E-state index in [9.17, 15) is 4.79 Å². The van der Waals surface area contributed by atoms with Crippen molar-refractivity contribution in [2.24, 2.45) is 0 Å². The molecule has 2 rings (SSSR count). The highest BCUT2D eigenvalue weighted by Gasteiger charge is 2.15. The third-order valence-electron chi connectivity index (χ3n) is 3.46. The van der Waals surface area contributed by atoms with Crippen LogP contribution in [-0.2, 0) is 11.2 Å². The summed E-state index contributed by atoms with van der Waals surface area (Å²) in [6.45, 7) is 3.75. The van der Waals surface area contributed by atoms with Crippen molar-refractivity contribution in [3.05, 3.63) is 29.8 Å². The van der Waals surface area contributed by atoms with Crippen molar-refractivity contribution in [3.8, 4) is 0 Å². The fraction of sp³-hybridized carbons (Fsp3) is 0.500. The molecule has 0 aliphatic carbocycles. The second-order valence-corrected chi connectivity index (χ2v) is 5.02. The molecular formula is C14H22N4O. The highest BCUT2D eigenvalue weighted by molar-refractivity contribution is 5.75. The molecule has 5 heteroatoms. The maximum Gasteiger partial charge on any atom is 0.234 e. The molecule has 0 atom stereocenters. The maximum atomic E-state index is 11.9. The first-order chi connectivity index (χ1) is 9.15. The summed E-state index contributed by atoms with van der Waals surface area (Å²) in [6.07, 6.45) is 1.16. The largest absolute Gasteiger partial charge is 0.399 e. The predicted molar refractivity (Wildman–Crippen MR) is 76.4 cm³/mol. The van der Waals surface area contributed by atoms with Gasteiger partial charge in [-0.15, -0.1) is 0 Å². The predicted octanol–water partition coefficient (Wildman–Crippen LogP) is 0.480. The van der Waals surface area contributed by atoms with Gasteiger partial charge in [0.15, 0.2) is 0 Å². The van der Waals surface area contributed by atoms with Crippen LogP contribution in [0.3, 0.4) is 0 Å². The molecule has 104 valence electrons. The van der Waals surface area contributed by atoms with Crippen LogP contribution in [0.2, 0.25) is 0 Å². The third kappa shape index (κ3) is 4.22. The summed E-state index contributed by atoms with van der Waals surface area (Å²) in [5, 5.41) is 2.00. The van der Waals surface area contributed by atoms with Crippen LogP contribution in [0.5, 0.6) is 0 Å². The standard InChI is InChI=1S/C14H22N4O/c1-17-8-10-18(11-9-17)16-14(19)7-6-12-4-2-3-5-13(12)15/h2-5H,6-11,15H2,1H3,(H,16,19). The van der Waals surface area contributed by atoms with E-state index in [4.69, 9.17) is 5.73 Å². The minimum absolute atomic E-state index is 0.0628. The molecule has 5 nitrogen and oxygen atoms in total. The SMILES string of the molecule is CN1CCN(NC(=O)CCc2ccccc2N)CC1. The molecule has 1 fully saturated rings. The molecule has 19 heavy (non-hydrogen) atoms. The number of piperazine rings is 1. The monoisotopic (exact) mass is 262 g/mol. The van der Waals surface area contributed by atoms with Crippen molar-refractivity contribution in [1.82, 2.24) is 15.3 Å². The Balaban J connectivity index is 1.74. The Morgan fingerprint density at radius 1 is 1.26 bits per heavy atom. The van der Waals surface area contributed by atoms with Gasteiger partial charge in [-0.3, -0.25) is 10.2 Å². The number of hydrogen-bond acceptors (Lipinski definition) is 4. The van der Waals surface area contributed by atoms with Crippen molar-refractivity contribution in [3.63, 3.8) is 0 Å². The molecule has 0 aromatic heterocycles. The second-order valence-electron chi connectivity index (χ2n) is 5.02. The van der Waals surface area contributed by atoms with E-state index in [-0.39, 0.29) is 5.91 Å². The Bertz CT molecular complexity index is 427. The van der Waals surface area contributed by atoms with E-state index in [2.05, 4.69) is 17.4 Å². The number of amides is 1. The van der Waals surface area contributed by atoms with E-state index in [0.717, 1.165) is 37.4 Å². The number of nitrogens with two attached hydrogens (primary N) is 1. The van der Waals surface area contributed by atoms with Gasteiger partial charge in [-0.25, -0.2) is 5.01 Å². The zero-order chi connectivity index (χ0) is 13.7. The second kappa shape index (κ2) is 6.54. The lowest BCUT2D eigenvalue weighted by atomic mass is 10.1. The summed E-state index contributed by atoms with van der Waals surface area (Å²) in [4.78, 5) is 14.1. The molecule has 0 saturated carbocycles. The third-order valence-corrected chi connectivity index (χ3v) is 3.46. The van der Waals surface area contributed by atoms with E-state index < -0.39 is 0 Å². The molecule has 1 aliphatic rings. The Labute approximate surface area is 114 Å². The molecule has 0 unspecified atom stereocenters. The molecule has 0 bridgehead atoms. The summed E-state index contributed by atoms with van der Waals surface area (Å²) in [5.74, 6) is 0.0628. The summed E-state index contributed by atoms with van der Waals surface area (Å²) >= 11 is 0. The van der Waals surface area contributed by atoms with Gasteiger partial charge in [0, 0.05) is 38.3 Å².